The molecule has 2 rings (SSSR count). The molecule has 7 heteroatoms. The van der Waals surface area contributed by atoms with Crippen LogP contribution in [0.3, 0.4) is 0 Å². The number of hydrogen-bond acceptors (Lipinski definition) is 4. The number of nitrogens with two attached hydrogens (primary N) is 1. The van der Waals surface area contributed by atoms with Gasteiger partial charge in [-0.1, -0.05) is 23.2 Å². The van der Waals surface area contributed by atoms with Crippen LogP contribution in [0.1, 0.15) is 5.82 Å². The van der Waals surface area contributed by atoms with Crippen molar-refractivity contribution in [3.8, 4) is 11.5 Å². The minimum absolute atomic E-state index is 0.422. The molecule has 0 aromatic carbocycles. The average Bonchev–Trinajstić information content (AvgIpc) is 2.67. The minimum Gasteiger partial charge on any atom is -0.330 e. The van der Waals surface area contributed by atoms with Gasteiger partial charge in [-0.25, -0.2) is 9.97 Å². The molecule has 0 fully saturated rings. The average molecular weight is 258 g/mol. The van der Waals surface area contributed by atoms with E-state index >= 15 is 0 Å². The lowest BCUT2D eigenvalue weighted by Crippen LogP contribution is -2.03. The van der Waals surface area contributed by atoms with Crippen molar-refractivity contribution in [3.05, 3.63) is 28.1 Å². The molecule has 0 atom stereocenters. The Morgan fingerprint density at radius 2 is 2.19 bits per heavy atom. The molecule has 2 aromatic rings. The molecule has 0 aliphatic rings. The van der Waals surface area contributed by atoms with Gasteiger partial charge in [-0.2, -0.15) is 5.10 Å². The van der Waals surface area contributed by atoms with Crippen LogP contribution in [0.5, 0.6) is 0 Å². The van der Waals surface area contributed by atoms with Gasteiger partial charge in [0.1, 0.15) is 11.5 Å². The standard InChI is InChI=1S/C9H9Cl2N5/c10-5-3-6(11)8(13-4-5)9-14-7(1-2-12)15-16-9/h3-4H,1-2,12H2,(H,14,15,16). The molecule has 84 valence electrons. The van der Waals surface area contributed by atoms with Crippen LogP contribution in [-0.2, 0) is 6.42 Å². The summed E-state index contributed by atoms with van der Waals surface area (Å²) in [7, 11) is 0. The van der Waals surface area contributed by atoms with Crippen LogP contribution in [0.25, 0.3) is 11.5 Å². The van der Waals surface area contributed by atoms with E-state index in [-0.39, 0.29) is 0 Å². The van der Waals surface area contributed by atoms with Gasteiger partial charge in [-0.15, -0.1) is 0 Å². The van der Waals surface area contributed by atoms with E-state index in [4.69, 9.17) is 28.9 Å². The summed E-state index contributed by atoms with van der Waals surface area (Å²) in [5.74, 6) is 1.16. The number of aromatic nitrogens is 4. The number of nitrogens with zero attached hydrogens (tertiary/aromatic N) is 3. The first kappa shape index (κ1) is 11.3. The molecule has 2 heterocycles. The SMILES string of the molecule is NCCc1nc(-c2ncc(Cl)cc2Cl)n[nH]1. The van der Waals surface area contributed by atoms with E-state index in [1.807, 2.05) is 0 Å². The third-order valence-electron chi connectivity index (χ3n) is 1.93. The molecule has 0 saturated heterocycles. The van der Waals surface area contributed by atoms with Crippen LogP contribution in [-0.4, -0.2) is 26.7 Å². The highest BCUT2D eigenvalue weighted by atomic mass is 35.5. The second kappa shape index (κ2) is 4.78. The summed E-state index contributed by atoms with van der Waals surface area (Å²) in [5, 5.41) is 7.69. The molecule has 0 saturated carbocycles. The Balaban J connectivity index is 2.35. The lowest BCUT2D eigenvalue weighted by molar-refractivity contribution is 0.874. The molecule has 3 N–H and O–H groups in total. The van der Waals surface area contributed by atoms with E-state index in [1.54, 1.807) is 6.07 Å². The van der Waals surface area contributed by atoms with Gasteiger partial charge in [0.05, 0.1) is 10.0 Å². The highest BCUT2D eigenvalue weighted by molar-refractivity contribution is 6.35. The molecule has 16 heavy (non-hydrogen) atoms. The van der Waals surface area contributed by atoms with Gasteiger partial charge in [0.25, 0.3) is 0 Å². The van der Waals surface area contributed by atoms with Crippen LogP contribution in [0.15, 0.2) is 12.3 Å². The molecular weight excluding hydrogens is 249 g/mol. The minimum atomic E-state index is 0.422. The Kier molecular flexibility index (Phi) is 3.38. The summed E-state index contributed by atoms with van der Waals surface area (Å²) in [6.07, 6.45) is 2.14. The van der Waals surface area contributed by atoms with E-state index in [9.17, 15) is 0 Å². The Morgan fingerprint density at radius 1 is 1.38 bits per heavy atom. The highest BCUT2D eigenvalue weighted by Gasteiger charge is 2.11. The van der Waals surface area contributed by atoms with Crippen molar-refractivity contribution in [2.75, 3.05) is 6.54 Å². The van der Waals surface area contributed by atoms with Crippen molar-refractivity contribution in [1.82, 2.24) is 20.2 Å². The summed E-state index contributed by atoms with van der Waals surface area (Å²) in [6, 6.07) is 1.60. The molecule has 0 aliphatic carbocycles. The molecule has 0 aliphatic heterocycles. The predicted octanol–water partition coefficient (Wildman–Crippen LogP) is 1.67. The topological polar surface area (TPSA) is 80.5 Å². The van der Waals surface area contributed by atoms with Gasteiger partial charge in [-0.3, -0.25) is 5.10 Å². The van der Waals surface area contributed by atoms with E-state index in [1.165, 1.54) is 6.20 Å². The van der Waals surface area contributed by atoms with Crippen molar-refractivity contribution in [1.29, 1.82) is 0 Å². The van der Waals surface area contributed by atoms with Crippen LogP contribution in [0, 0.1) is 0 Å². The lowest BCUT2D eigenvalue weighted by Gasteiger charge is -1.97. The number of pyridine rings is 1. The van der Waals surface area contributed by atoms with Crippen molar-refractivity contribution >= 4 is 23.2 Å². The monoisotopic (exact) mass is 257 g/mol. The number of H-pyrrole nitrogens is 1. The Hall–Kier alpha value is -1.17. The highest BCUT2D eigenvalue weighted by Crippen LogP contribution is 2.25. The maximum Gasteiger partial charge on any atom is 0.201 e. The third-order valence-corrected chi connectivity index (χ3v) is 2.43. The summed E-state index contributed by atoms with van der Waals surface area (Å²) in [4.78, 5) is 8.31. The maximum absolute atomic E-state index is 5.98. The van der Waals surface area contributed by atoms with Gasteiger partial charge in [-0.05, 0) is 12.6 Å². The van der Waals surface area contributed by atoms with Crippen molar-refractivity contribution in [2.24, 2.45) is 5.73 Å². The molecule has 0 bridgehead atoms. The van der Waals surface area contributed by atoms with E-state index in [0.29, 0.717) is 40.4 Å². The number of rotatable bonds is 3. The first-order valence-corrected chi connectivity index (χ1v) is 5.39. The zero-order valence-electron chi connectivity index (χ0n) is 8.24. The van der Waals surface area contributed by atoms with Gasteiger partial charge in [0, 0.05) is 12.6 Å². The fraction of sp³-hybridized carbons (Fsp3) is 0.222. The van der Waals surface area contributed by atoms with Crippen molar-refractivity contribution in [2.45, 2.75) is 6.42 Å². The first-order valence-electron chi connectivity index (χ1n) is 4.63. The van der Waals surface area contributed by atoms with Gasteiger partial charge >= 0.3 is 0 Å². The lowest BCUT2D eigenvalue weighted by atomic mass is 10.3. The normalized spacial score (nSPS) is 10.7. The van der Waals surface area contributed by atoms with Crippen molar-refractivity contribution < 1.29 is 0 Å². The molecule has 0 amide bonds. The van der Waals surface area contributed by atoms with E-state index < -0.39 is 0 Å². The quantitative estimate of drug-likeness (QED) is 0.877. The van der Waals surface area contributed by atoms with E-state index in [2.05, 4.69) is 20.2 Å². The Labute approximate surface area is 102 Å². The zero-order chi connectivity index (χ0) is 11.5. The molecule has 0 unspecified atom stereocenters. The molecular formula is C9H9Cl2N5. The number of nitrogens with one attached hydrogen (secondary N) is 1. The molecule has 0 radical (unpaired) electrons. The smallest absolute Gasteiger partial charge is 0.201 e. The van der Waals surface area contributed by atoms with Gasteiger partial charge in [0.2, 0.25) is 5.82 Å². The van der Waals surface area contributed by atoms with Gasteiger partial charge < -0.3 is 5.73 Å². The summed E-state index contributed by atoms with van der Waals surface area (Å²) in [6.45, 7) is 0.510. The predicted molar refractivity (Wildman–Crippen MR) is 62.4 cm³/mol. The number of aromatic amines is 1. The second-order valence-electron chi connectivity index (χ2n) is 3.13. The van der Waals surface area contributed by atoms with Crippen molar-refractivity contribution in [3.63, 3.8) is 0 Å². The third kappa shape index (κ3) is 2.32. The summed E-state index contributed by atoms with van der Waals surface area (Å²) in [5.41, 5.74) is 5.92. The van der Waals surface area contributed by atoms with Crippen LogP contribution in [0.4, 0.5) is 0 Å². The second-order valence-corrected chi connectivity index (χ2v) is 3.97. The molecule has 5 nitrogen and oxygen atoms in total. The fourth-order valence-corrected chi connectivity index (χ4v) is 1.69. The Morgan fingerprint density at radius 3 is 2.88 bits per heavy atom. The maximum atomic E-state index is 5.98. The van der Waals surface area contributed by atoms with Crippen LogP contribution in [0.2, 0.25) is 10.0 Å². The molecule has 2 aromatic heterocycles. The number of hydrogen-bond donors (Lipinski definition) is 2. The largest absolute Gasteiger partial charge is 0.330 e. The first-order chi connectivity index (χ1) is 7.70. The summed E-state index contributed by atoms with van der Waals surface area (Å²) < 4.78 is 0. The zero-order valence-corrected chi connectivity index (χ0v) is 9.76. The molecule has 0 spiro atoms. The van der Waals surface area contributed by atoms with Crippen LogP contribution >= 0.6 is 23.2 Å². The fourth-order valence-electron chi connectivity index (χ4n) is 1.23. The van der Waals surface area contributed by atoms with E-state index in [0.717, 1.165) is 0 Å². The number of halogens is 2. The van der Waals surface area contributed by atoms with Gasteiger partial charge in [0.15, 0.2) is 0 Å². The summed E-state index contributed by atoms with van der Waals surface area (Å²) >= 11 is 11.7. The Bertz CT molecular complexity index is 496. The van der Waals surface area contributed by atoms with Crippen LogP contribution < -0.4 is 5.73 Å².